The number of carbonyl (C=O) groups excluding carboxylic acids is 1. The van der Waals surface area contributed by atoms with Gasteiger partial charge in [-0.05, 0) is 95.7 Å². The number of hydrogen-bond acceptors (Lipinski definition) is 8. The topological polar surface area (TPSA) is 112 Å². The van der Waals surface area contributed by atoms with E-state index in [-0.39, 0.29) is 22.3 Å². The number of nitriles is 1. The number of anilines is 1. The molecule has 1 saturated heterocycles. The van der Waals surface area contributed by atoms with Crippen molar-refractivity contribution in [2.75, 3.05) is 38.3 Å². The molecule has 0 aliphatic carbocycles. The SMILES string of the molecule is CN(C)CC[C@H](CSc1ccc(F)cc1)Nc1ccc(S(=O)(=O)NC(=O)C2(C)CCCCO2)cc1C#N. The van der Waals surface area contributed by atoms with Crippen molar-refractivity contribution in [2.45, 2.75) is 54.0 Å². The number of benzene rings is 2. The zero-order valence-corrected chi connectivity index (χ0v) is 22.9. The molecule has 0 aromatic heterocycles. The standard InChI is InChI=1S/C26H33FN4O4S2/c1-26(13-4-5-15-35-26)25(32)30-37(33,34)23-10-11-24(19(16-23)17-28)29-21(12-14-31(2)3)18-36-22-8-6-20(27)7-9-22/h6-11,16,21,29H,4-5,12-15,18H2,1-3H3,(H,30,32)/t21-,26?/m1/s1. The van der Waals surface area contributed by atoms with Crippen LogP contribution in [-0.4, -0.2) is 63.9 Å². The van der Waals surface area contributed by atoms with E-state index >= 15 is 0 Å². The smallest absolute Gasteiger partial charge is 0.265 e. The molecule has 1 aliphatic heterocycles. The van der Waals surface area contributed by atoms with Crippen molar-refractivity contribution in [3.8, 4) is 6.07 Å². The molecular formula is C26H33FN4O4S2. The molecule has 2 aromatic rings. The number of rotatable bonds is 11. The number of hydrogen-bond donors (Lipinski definition) is 2. The summed E-state index contributed by atoms with van der Waals surface area (Å²) < 4.78 is 46.8. The van der Waals surface area contributed by atoms with Crippen molar-refractivity contribution in [3.05, 3.63) is 53.8 Å². The maximum Gasteiger partial charge on any atom is 0.265 e. The van der Waals surface area contributed by atoms with Gasteiger partial charge < -0.3 is 15.0 Å². The fraction of sp³-hybridized carbons (Fsp3) is 0.462. The molecule has 3 rings (SSSR count). The second-order valence-electron chi connectivity index (χ2n) is 9.49. The zero-order valence-electron chi connectivity index (χ0n) is 21.3. The summed E-state index contributed by atoms with van der Waals surface area (Å²) in [6, 6.07) is 12.5. The monoisotopic (exact) mass is 548 g/mol. The number of nitrogens with one attached hydrogen (secondary N) is 2. The largest absolute Gasteiger partial charge is 0.380 e. The molecular weight excluding hydrogens is 515 g/mol. The van der Waals surface area contributed by atoms with Gasteiger partial charge in [0.05, 0.1) is 16.1 Å². The number of halogens is 1. The average molecular weight is 549 g/mol. The Hall–Kier alpha value is -2.65. The van der Waals surface area contributed by atoms with Crippen molar-refractivity contribution in [3.63, 3.8) is 0 Å². The molecule has 0 bridgehead atoms. The second-order valence-corrected chi connectivity index (χ2v) is 12.3. The number of sulfonamides is 1. The normalized spacial score (nSPS) is 18.7. The zero-order chi connectivity index (χ0) is 27.1. The lowest BCUT2D eigenvalue weighted by molar-refractivity contribution is -0.148. The molecule has 1 heterocycles. The number of thioether (sulfide) groups is 1. The quantitative estimate of drug-likeness (QED) is 0.406. The minimum atomic E-state index is -4.20. The van der Waals surface area contributed by atoms with Crippen molar-refractivity contribution in [1.29, 1.82) is 5.26 Å². The molecule has 0 radical (unpaired) electrons. The highest BCUT2D eigenvalue weighted by Crippen LogP contribution is 2.27. The molecule has 1 aliphatic rings. The lowest BCUT2D eigenvalue weighted by Gasteiger charge is -2.32. The van der Waals surface area contributed by atoms with E-state index in [0.29, 0.717) is 24.5 Å². The Labute approximate surface area is 222 Å². The highest BCUT2D eigenvalue weighted by atomic mass is 32.2. The summed E-state index contributed by atoms with van der Waals surface area (Å²) >= 11 is 1.56. The van der Waals surface area contributed by atoms with Crippen molar-refractivity contribution >= 4 is 33.4 Å². The highest BCUT2D eigenvalue weighted by Gasteiger charge is 2.38. The van der Waals surface area contributed by atoms with Gasteiger partial charge in [0.25, 0.3) is 15.9 Å². The van der Waals surface area contributed by atoms with Gasteiger partial charge in [-0.1, -0.05) is 0 Å². The Bertz CT molecular complexity index is 1220. The molecule has 11 heteroatoms. The number of amides is 1. The Morgan fingerprint density at radius 1 is 1.24 bits per heavy atom. The van der Waals surface area contributed by atoms with Crippen LogP contribution in [0.15, 0.2) is 52.3 Å². The van der Waals surface area contributed by atoms with Gasteiger partial charge in [0, 0.05) is 23.3 Å². The fourth-order valence-electron chi connectivity index (χ4n) is 3.87. The van der Waals surface area contributed by atoms with Gasteiger partial charge in [-0.3, -0.25) is 4.79 Å². The third kappa shape index (κ3) is 8.17. The molecule has 37 heavy (non-hydrogen) atoms. The molecule has 0 saturated carbocycles. The van der Waals surface area contributed by atoms with Crippen LogP contribution in [0.3, 0.4) is 0 Å². The molecule has 2 atom stereocenters. The van der Waals surface area contributed by atoms with Crippen LogP contribution in [0.4, 0.5) is 10.1 Å². The molecule has 8 nitrogen and oxygen atoms in total. The Morgan fingerprint density at radius 2 is 1.97 bits per heavy atom. The summed E-state index contributed by atoms with van der Waals surface area (Å²) in [5.41, 5.74) is -0.553. The second kappa shape index (κ2) is 12.7. The van der Waals surface area contributed by atoms with Crippen molar-refractivity contribution in [1.82, 2.24) is 9.62 Å². The van der Waals surface area contributed by atoms with E-state index in [1.807, 2.05) is 14.1 Å². The first-order chi connectivity index (χ1) is 17.5. The first-order valence-corrected chi connectivity index (χ1v) is 14.5. The van der Waals surface area contributed by atoms with E-state index in [4.69, 9.17) is 4.74 Å². The fourth-order valence-corrected chi connectivity index (χ4v) is 5.94. The number of nitrogens with zero attached hydrogens (tertiary/aromatic N) is 2. The Balaban J connectivity index is 1.75. The van der Waals surface area contributed by atoms with Crippen LogP contribution < -0.4 is 10.0 Å². The van der Waals surface area contributed by atoms with Crippen molar-refractivity contribution < 1.29 is 22.3 Å². The lowest BCUT2D eigenvalue weighted by Crippen LogP contribution is -2.50. The van der Waals surface area contributed by atoms with Gasteiger partial charge in [0.15, 0.2) is 0 Å². The van der Waals surface area contributed by atoms with Crippen LogP contribution in [-0.2, 0) is 19.6 Å². The summed E-state index contributed by atoms with van der Waals surface area (Å²) in [5, 5.41) is 13.1. The highest BCUT2D eigenvalue weighted by molar-refractivity contribution is 7.99. The third-order valence-electron chi connectivity index (χ3n) is 6.15. The van der Waals surface area contributed by atoms with E-state index in [1.165, 1.54) is 24.3 Å². The van der Waals surface area contributed by atoms with Crippen molar-refractivity contribution in [2.24, 2.45) is 0 Å². The van der Waals surface area contributed by atoms with Crippen LogP contribution in [0.25, 0.3) is 0 Å². The van der Waals surface area contributed by atoms with E-state index in [1.54, 1.807) is 36.9 Å². The minimum Gasteiger partial charge on any atom is -0.380 e. The molecule has 1 amide bonds. The van der Waals surface area contributed by atoms with Gasteiger partial charge in [-0.2, -0.15) is 5.26 Å². The lowest BCUT2D eigenvalue weighted by atomic mass is 9.95. The predicted molar refractivity (Wildman–Crippen MR) is 142 cm³/mol. The number of ether oxygens (including phenoxy) is 1. The maximum absolute atomic E-state index is 13.2. The predicted octanol–water partition coefficient (Wildman–Crippen LogP) is 3.99. The molecule has 2 N–H and O–H groups in total. The van der Waals surface area contributed by atoms with Crippen LogP contribution in [0.2, 0.25) is 0 Å². The average Bonchev–Trinajstić information content (AvgIpc) is 2.86. The molecule has 1 fully saturated rings. The summed E-state index contributed by atoms with van der Waals surface area (Å²) in [6.45, 7) is 2.78. The van der Waals surface area contributed by atoms with E-state index in [2.05, 4.69) is 21.0 Å². The van der Waals surface area contributed by atoms with Gasteiger partial charge >= 0.3 is 0 Å². The molecule has 200 valence electrons. The number of carbonyl (C=O) groups is 1. The van der Waals surface area contributed by atoms with Gasteiger partial charge in [0.1, 0.15) is 17.5 Å². The van der Waals surface area contributed by atoms with E-state index in [0.717, 1.165) is 30.7 Å². The minimum absolute atomic E-state index is 0.0462. The van der Waals surface area contributed by atoms with Crippen LogP contribution in [0, 0.1) is 17.1 Å². The Kier molecular flexibility index (Phi) is 9.95. The van der Waals surface area contributed by atoms with E-state index in [9.17, 15) is 22.9 Å². The molecule has 2 aromatic carbocycles. The van der Waals surface area contributed by atoms with Crippen LogP contribution >= 0.6 is 11.8 Å². The Morgan fingerprint density at radius 3 is 2.59 bits per heavy atom. The third-order valence-corrected chi connectivity index (χ3v) is 8.65. The molecule has 0 spiro atoms. The first-order valence-electron chi connectivity index (χ1n) is 12.1. The summed E-state index contributed by atoms with van der Waals surface area (Å²) in [5.74, 6) is -0.356. The summed E-state index contributed by atoms with van der Waals surface area (Å²) in [4.78, 5) is 15.5. The van der Waals surface area contributed by atoms with Crippen LogP contribution in [0.1, 0.15) is 38.2 Å². The maximum atomic E-state index is 13.2. The summed E-state index contributed by atoms with van der Waals surface area (Å²) in [6.07, 6.45) is 2.80. The van der Waals surface area contributed by atoms with Gasteiger partial charge in [-0.15, -0.1) is 11.8 Å². The van der Waals surface area contributed by atoms with Crippen LogP contribution in [0.5, 0.6) is 0 Å². The van der Waals surface area contributed by atoms with Gasteiger partial charge in [0.2, 0.25) is 0 Å². The first kappa shape index (κ1) is 28.9. The van der Waals surface area contributed by atoms with E-state index < -0.39 is 21.5 Å². The van der Waals surface area contributed by atoms with Gasteiger partial charge in [-0.25, -0.2) is 17.5 Å². The summed E-state index contributed by atoms with van der Waals surface area (Å²) in [7, 11) is -0.256. The molecule has 1 unspecified atom stereocenters.